The first-order valence-electron chi connectivity index (χ1n) is 5.29. The van der Waals surface area contributed by atoms with Crippen molar-refractivity contribution in [1.29, 1.82) is 0 Å². The Morgan fingerprint density at radius 1 is 1.12 bits per heavy atom. The number of rotatable bonds is 1. The van der Waals surface area contributed by atoms with E-state index in [4.69, 9.17) is 11.6 Å². The quantitative estimate of drug-likeness (QED) is 0.657. The van der Waals surface area contributed by atoms with Crippen LogP contribution in [0, 0.1) is 0 Å². The van der Waals surface area contributed by atoms with Crippen LogP contribution in [0.2, 0.25) is 5.02 Å². The van der Waals surface area contributed by atoms with Crippen molar-refractivity contribution in [3.05, 3.63) is 47.7 Å². The summed E-state index contributed by atoms with van der Waals surface area (Å²) in [6, 6.07) is 9.76. The van der Waals surface area contributed by atoms with Gasteiger partial charge in [-0.25, -0.2) is 4.98 Å². The number of hydrogen-bond donors (Lipinski definition) is 0. The maximum atomic E-state index is 6.22. The Kier molecular flexibility index (Phi) is 2.34. The number of pyridine rings is 1. The third kappa shape index (κ3) is 1.59. The topological polar surface area (TPSA) is 30.7 Å². The lowest BCUT2D eigenvalue weighted by Gasteiger charge is -2.05. The molecule has 0 saturated heterocycles. The molecule has 0 aliphatic carbocycles. The average Bonchev–Trinajstić information content (AvgIpc) is 2.72. The van der Waals surface area contributed by atoms with Crippen LogP contribution in [-0.4, -0.2) is 14.8 Å². The Labute approximate surface area is 104 Å². The summed E-state index contributed by atoms with van der Waals surface area (Å²) in [6.45, 7) is 0. The molecule has 84 valence electrons. The Morgan fingerprint density at radius 3 is 2.76 bits per heavy atom. The SMILES string of the molecule is Cn1ncc2c(-c3ccccc3Cl)ccnc21. The van der Waals surface area contributed by atoms with E-state index in [9.17, 15) is 0 Å². The van der Waals surface area contributed by atoms with E-state index in [1.165, 1.54) is 0 Å². The highest BCUT2D eigenvalue weighted by atomic mass is 35.5. The molecule has 2 aromatic heterocycles. The van der Waals surface area contributed by atoms with Gasteiger partial charge in [0.2, 0.25) is 0 Å². The number of halogens is 1. The molecule has 2 heterocycles. The average molecular weight is 244 g/mol. The molecule has 3 nitrogen and oxygen atoms in total. The lowest BCUT2D eigenvalue weighted by molar-refractivity contribution is 0.786. The van der Waals surface area contributed by atoms with Gasteiger partial charge < -0.3 is 0 Å². The van der Waals surface area contributed by atoms with Gasteiger partial charge in [0.15, 0.2) is 5.65 Å². The zero-order valence-electron chi connectivity index (χ0n) is 9.26. The number of aromatic nitrogens is 3. The lowest BCUT2D eigenvalue weighted by Crippen LogP contribution is -1.91. The second kappa shape index (κ2) is 3.86. The molecule has 17 heavy (non-hydrogen) atoms. The van der Waals surface area contributed by atoms with E-state index in [2.05, 4.69) is 10.1 Å². The number of hydrogen-bond acceptors (Lipinski definition) is 2. The summed E-state index contributed by atoms with van der Waals surface area (Å²) in [5.41, 5.74) is 2.94. The molecule has 0 spiro atoms. The second-order valence-corrected chi connectivity index (χ2v) is 4.25. The van der Waals surface area contributed by atoms with Crippen LogP contribution in [0.1, 0.15) is 0 Å². The Bertz CT molecular complexity index is 688. The second-order valence-electron chi connectivity index (χ2n) is 3.84. The molecular formula is C13H10ClN3. The van der Waals surface area contributed by atoms with Gasteiger partial charge in [-0.15, -0.1) is 0 Å². The Balaban J connectivity index is 2.35. The minimum atomic E-state index is 0.740. The van der Waals surface area contributed by atoms with E-state index in [1.54, 1.807) is 10.9 Å². The van der Waals surface area contributed by atoms with E-state index in [0.29, 0.717) is 0 Å². The van der Waals surface area contributed by atoms with Gasteiger partial charge in [0.25, 0.3) is 0 Å². The fourth-order valence-electron chi connectivity index (χ4n) is 1.96. The maximum Gasteiger partial charge on any atom is 0.158 e. The van der Waals surface area contributed by atoms with E-state index in [0.717, 1.165) is 27.2 Å². The predicted molar refractivity (Wildman–Crippen MR) is 69.0 cm³/mol. The van der Waals surface area contributed by atoms with Gasteiger partial charge in [-0.05, 0) is 17.7 Å². The van der Waals surface area contributed by atoms with Gasteiger partial charge in [-0.2, -0.15) is 5.10 Å². The van der Waals surface area contributed by atoms with Crippen LogP contribution < -0.4 is 0 Å². The summed E-state index contributed by atoms with van der Waals surface area (Å²) < 4.78 is 1.76. The van der Waals surface area contributed by atoms with Crippen LogP contribution in [0.15, 0.2) is 42.7 Å². The summed E-state index contributed by atoms with van der Waals surface area (Å²) in [5, 5.41) is 5.98. The molecule has 0 bridgehead atoms. The van der Waals surface area contributed by atoms with Crippen molar-refractivity contribution < 1.29 is 0 Å². The fourth-order valence-corrected chi connectivity index (χ4v) is 2.20. The smallest absolute Gasteiger partial charge is 0.158 e. The van der Waals surface area contributed by atoms with Gasteiger partial charge in [0.05, 0.1) is 6.20 Å². The highest BCUT2D eigenvalue weighted by Crippen LogP contribution is 2.31. The Morgan fingerprint density at radius 2 is 1.94 bits per heavy atom. The fraction of sp³-hybridized carbons (Fsp3) is 0.0769. The first kappa shape index (κ1) is 10.3. The Hall–Kier alpha value is -1.87. The molecule has 0 aliphatic rings. The number of fused-ring (bicyclic) bond motifs is 1. The molecular weight excluding hydrogens is 234 g/mol. The summed E-state index contributed by atoms with van der Waals surface area (Å²) >= 11 is 6.22. The number of aryl methyl sites for hydroxylation is 1. The monoisotopic (exact) mass is 243 g/mol. The van der Waals surface area contributed by atoms with E-state index < -0.39 is 0 Å². The normalized spacial score (nSPS) is 10.9. The standard InChI is InChI=1S/C13H10ClN3/c1-17-13-11(8-16-17)9(6-7-15-13)10-4-2-3-5-12(10)14/h2-8H,1H3. The molecule has 0 radical (unpaired) electrons. The van der Waals surface area contributed by atoms with Crippen LogP contribution in [0.25, 0.3) is 22.2 Å². The van der Waals surface area contributed by atoms with Gasteiger partial charge in [0.1, 0.15) is 0 Å². The number of benzene rings is 1. The van der Waals surface area contributed by atoms with Crippen molar-refractivity contribution in [3.8, 4) is 11.1 Å². The zero-order chi connectivity index (χ0) is 11.8. The first-order chi connectivity index (χ1) is 8.27. The van der Waals surface area contributed by atoms with Crippen LogP contribution >= 0.6 is 11.6 Å². The molecule has 0 fully saturated rings. The van der Waals surface area contributed by atoms with Crippen LogP contribution in [-0.2, 0) is 7.05 Å². The van der Waals surface area contributed by atoms with Gasteiger partial charge in [-0.3, -0.25) is 4.68 Å². The third-order valence-corrected chi connectivity index (χ3v) is 3.13. The van der Waals surface area contributed by atoms with Crippen LogP contribution in [0.5, 0.6) is 0 Å². The summed E-state index contributed by atoms with van der Waals surface area (Å²) in [6.07, 6.45) is 3.60. The first-order valence-corrected chi connectivity index (χ1v) is 5.67. The van der Waals surface area contributed by atoms with Crippen molar-refractivity contribution in [2.45, 2.75) is 0 Å². The van der Waals surface area contributed by atoms with E-state index in [1.807, 2.05) is 43.6 Å². The summed E-state index contributed by atoms with van der Waals surface area (Å²) in [7, 11) is 1.88. The minimum absolute atomic E-state index is 0.740. The highest BCUT2D eigenvalue weighted by molar-refractivity contribution is 6.33. The maximum absolute atomic E-state index is 6.22. The molecule has 0 atom stereocenters. The van der Waals surface area contributed by atoms with Gasteiger partial charge in [-0.1, -0.05) is 29.8 Å². The zero-order valence-corrected chi connectivity index (χ0v) is 10.0. The van der Waals surface area contributed by atoms with E-state index >= 15 is 0 Å². The molecule has 0 amide bonds. The molecule has 0 unspecified atom stereocenters. The molecule has 1 aromatic carbocycles. The molecule has 3 aromatic rings. The molecule has 0 N–H and O–H groups in total. The summed E-state index contributed by atoms with van der Waals surface area (Å²) in [4.78, 5) is 4.31. The lowest BCUT2D eigenvalue weighted by atomic mass is 10.0. The molecule has 0 saturated carbocycles. The molecule has 0 aliphatic heterocycles. The van der Waals surface area contributed by atoms with Gasteiger partial charge in [0, 0.05) is 29.2 Å². The van der Waals surface area contributed by atoms with Crippen molar-refractivity contribution in [1.82, 2.24) is 14.8 Å². The van der Waals surface area contributed by atoms with Gasteiger partial charge >= 0.3 is 0 Å². The molecule has 3 rings (SSSR count). The van der Waals surface area contributed by atoms with Crippen molar-refractivity contribution in [2.75, 3.05) is 0 Å². The number of nitrogens with zero attached hydrogens (tertiary/aromatic N) is 3. The van der Waals surface area contributed by atoms with Crippen molar-refractivity contribution >= 4 is 22.6 Å². The van der Waals surface area contributed by atoms with Crippen molar-refractivity contribution in [2.24, 2.45) is 7.05 Å². The summed E-state index contributed by atoms with van der Waals surface area (Å²) in [5.74, 6) is 0. The molecule has 4 heteroatoms. The highest BCUT2D eigenvalue weighted by Gasteiger charge is 2.09. The minimum Gasteiger partial charge on any atom is -0.250 e. The predicted octanol–water partition coefficient (Wildman–Crippen LogP) is 3.29. The van der Waals surface area contributed by atoms with Crippen molar-refractivity contribution in [3.63, 3.8) is 0 Å². The third-order valence-electron chi connectivity index (χ3n) is 2.80. The largest absolute Gasteiger partial charge is 0.250 e. The van der Waals surface area contributed by atoms with Crippen LogP contribution in [0.3, 0.4) is 0 Å². The van der Waals surface area contributed by atoms with Crippen LogP contribution in [0.4, 0.5) is 0 Å². The van der Waals surface area contributed by atoms with E-state index in [-0.39, 0.29) is 0 Å².